The van der Waals surface area contributed by atoms with E-state index < -0.39 is 11.9 Å². The molecule has 0 saturated carbocycles. The number of hydrazine groups is 1. The number of nitrogens with zero attached hydrogens (tertiary/aromatic N) is 1. The van der Waals surface area contributed by atoms with Gasteiger partial charge in [-0.3, -0.25) is 10.2 Å². The van der Waals surface area contributed by atoms with Gasteiger partial charge in [0, 0.05) is 0 Å². The van der Waals surface area contributed by atoms with E-state index in [1.165, 1.54) is 20.4 Å². The average molecular weight is 315 g/mol. The van der Waals surface area contributed by atoms with Gasteiger partial charge in [-0.15, -0.1) is 11.6 Å². The first-order valence-corrected chi connectivity index (χ1v) is 6.30. The second-order valence-electron chi connectivity index (χ2n) is 3.62. The van der Waals surface area contributed by atoms with Crippen LogP contribution in [0.3, 0.4) is 0 Å². The molecule has 3 amide bonds. The largest absolute Gasteiger partial charge is 0.493 e. The number of urea groups is 1. The van der Waals surface area contributed by atoms with Crippen molar-refractivity contribution < 1.29 is 19.1 Å². The van der Waals surface area contributed by atoms with E-state index in [0.717, 1.165) is 0 Å². The van der Waals surface area contributed by atoms with Gasteiger partial charge < -0.3 is 9.47 Å². The molecule has 0 aliphatic rings. The first kappa shape index (κ1) is 16.6. The molecule has 1 rings (SSSR count). The molecule has 0 atom stereocenters. The maximum Gasteiger partial charge on any atom is 0.353 e. The van der Waals surface area contributed by atoms with Gasteiger partial charge in [-0.1, -0.05) is 0 Å². The second-order valence-corrected chi connectivity index (χ2v) is 3.89. The number of methoxy groups -OCH3 is 2. The Morgan fingerprint density at radius 3 is 2.57 bits per heavy atom. The lowest BCUT2D eigenvalue weighted by Gasteiger charge is -2.07. The van der Waals surface area contributed by atoms with Gasteiger partial charge in [0.1, 0.15) is 5.88 Å². The van der Waals surface area contributed by atoms with E-state index in [4.69, 9.17) is 21.1 Å². The lowest BCUT2D eigenvalue weighted by atomic mass is 10.2. The molecule has 0 saturated heterocycles. The standard InChI is InChI=1S/C12H15ClN4O4/c1-20-9-4-3-8(5-10(9)21-2)7-14-16-12(19)17-15-11(18)6-13/h3-5,7H,6H2,1-2H3,(H,15,18)(H2,16,17,19)/b14-7+. The summed E-state index contributed by atoms with van der Waals surface area (Å²) in [5.74, 6) is 0.343. The summed E-state index contributed by atoms with van der Waals surface area (Å²) in [5, 5.41) is 3.71. The molecule has 1 aromatic carbocycles. The Morgan fingerprint density at radius 2 is 1.95 bits per heavy atom. The van der Waals surface area contributed by atoms with Gasteiger partial charge >= 0.3 is 6.03 Å². The lowest BCUT2D eigenvalue weighted by Crippen LogP contribution is -2.46. The number of hydrogen-bond acceptors (Lipinski definition) is 5. The lowest BCUT2D eigenvalue weighted by molar-refractivity contribution is -0.119. The van der Waals surface area contributed by atoms with Gasteiger partial charge in [-0.2, -0.15) is 5.10 Å². The number of benzene rings is 1. The maximum atomic E-state index is 11.2. The zero-order valence-corrected chi connectivity index (χ0v) is 12.2. The fraction of sp³-hybridized carbons (Fsp3) is 0.250. The number of hydrogen-bond donors (Lipinski definition) is 3. The number of carbonyl (C=O) groups is 2. The van der Waals surface area contributed by atoms with Gasteiger partial charge in [-0.25, -0.2) is 15.6 Å². The number of alkyl halides is 1. The van der Waals surface area contributed by atoms with Gasteiger partial charge in [-0.05, 0) is 23.8 Å². The van der Waals surface area contributed by atoms with Crippen LogP contribution in [-0.4, -0.2) is 38.3 Å². The molecule has 0 aliphatic carbocycles. The third kappa shape index (κ3) is 5.57. The zero-order valence-electron chi connectivity index (χ0n) is 11.5. The predicted molar refractivity (Wildman–Crippen MR) is 77.7 cm³/mol. The fourth-order valence-electron chi connectivity index (χ4n) is 1.29. The third-order valence-corrected chi connectivity index (χ3v) is 2.47. The molecular weight excluding hydrogens is 300 g/mol. The van der Waals surface area contributed by atoms with Crippen molar-refractivity contribution in [3.8, 4) is 11.5 Å². The second kappa shape index (κ2) is 8.64. The van der Waals surface area contributed by atoms with E-state index >= 15 is 0 Å². The van der Waals surface area contributed by atoms with Crippen LogP contribution in [-0.2, 0) is 4.79 Å². The molecule has 3 N–H and O–H groups in total. The van der Waals surface area contributed by atoms with E-state index in [1.807, 2.05) is 0 Å². The Labute approximate surface area is 126 Å². The van der Waals surface area contributed by atoms with E-state index in [1.54, 1.807) is 18.2 Å². The van der Waals surface area contributed by atoms with Crippen LogP contribution in [0, 0.1) is 0 Å². The highest BCUT2D eigenvalue weighted by Crippen LogP contribution is 2.26. The SMILES string of the molecule is COc1ccc(/C=N/NC(=O)NNC(=O)CCl)cc1OC. The number of ether oxygens (including phenoxy) is 2. The van der Waals surface area contributed by atoms with Crippen LogP contribution in [0.5, 0.6) is 11.5 Å². The first-order chi connectivity index (χ1) is 10.1. The predicted octanol–water partition coefficient (Wildman–Crippen LogP) is 0.607. The number of rotatable bonds is 5. The van der Waals surface area contributed by atoms with E-state index in [9.17, 15) is 9.59 Å². The highest BCUT2D eigenvalue weighted by atomic mass is 35.5. The number of halogens is 1. The van der Waals surface area contributed by atoms with Crippen molar-refractivity contribution in [3.63, 3.8) is 0 Å². The quantitative estimate of drug-likeness (QED) is 0.421. The Bertz CT molecular complexity index is 536. The normalized spacial score (nSPS) is 10.0. The number of amides is 3. The van der Waals surface area contributed by atoms with Crippen molar-refractivity contribution in [1.82, 2.24) is 16.3 Å². The summed E-state index contributed by atoms with van der Waals surface area (Å²) in [5.41, 5.74) is 7.00. The summed E-state index contributed by atoms with van der Waals surface area (Å²) < 4.78 is 10.2. The van der Waals surface area contributed by atoms with Crippen molar-refractivity contribution in [2.45, 2.75) is 0 Å². The first-order valence-electron chi connectivity index (χ1n) is 5.76. The molecular formula is C12H15ClN4O4. The summed E-state index contributed by atoms with van der Waals surface area (Å²) >= 11 is 5.24. The number of nitrogens with one attached hydrogen (secondary N) is 3. The number of hydrazone groups is 1. The smallest absolute Gasteiger partial charge is 0.353 e. The van der Waals surface area contributed by atoms with Crippen molar-refractivity contribution in [1.29, 1.82) is 0 Å². The van der Waals surface area contributed by atoms with E-state index in [2.05, 4.69) is 21.4 Å². The van der Waals surface area contributed by atoms with Gasteiger partial charge in [0.15, 0.2) is 11.5 Å². The Morgan fingerprint density at radius 1 is 1.24 bits per heavy atom. The topological polar surface area (TPSA) is 101 Å². The average Bonchev–Trinajstić information content (AvgIpc) is 2.52. The van der Waals surface area contributed by atoms with Crippen LogP contribution in [0.4, 0.5) is 4.79 Å². The van der Waals surface area contributed by atoms with E-state index in [0.29, 0.717) is 17.1 Å². The van der Waals surface area contributed by atoms with Crippen LogP contribution in [0.1, 0.15) is 5.56 Å². The monoisotopic (exact) mass is 314 g/mol. The molecule has 8 nitrogen and oxygen atoms in total. The Kier molecular flexibility index (Phi) is 6.82. The maximum absolute atomic E-state index is 11.2. The zero-order chi connectivity index (χ0) is 15.7. The molecule has 0 bridgehead atoms. The molecule has 0 aliphatic heterocycles. The minimum absolute atomic E-state index is 0.255. The summed E-state index contributed by atoms with van der Waals surface area (Å²) in [6.45, 7) is 0. The minimum Gasteiger partial charge on any atom is -0.493 e. The molecule has 0 fully saturated rings. The van der Waals surface area contributed by atoms with Crippen molar-refractivity contribution >= 4 is 29.8 Å². The van der Waals surface area contributed by atoms with Crippen LogP contribution >= 0.6 is 11.6 Å². The molecule has 0 radical (unpaired) electrons. The van der Waals surface area contributed by atoms with Crippen molar-refractivity contribution in [2.24, 2.45) is 5.10 Å². The van der Waals surface area contributed by atoms with Crippen LogP contribution < -0.4 is 25.8 Å². The summed E-state index contributed by atoms with van der Waals surface area (Å²) in [6, 6.07) is 4.43. The fourth-order valence-corrected chi connectivity index (χ4v) is 1.35. The third-order valence-electron chi connectivity index (χ3n) is 2.22. The molecule has 114 valence electrons. The van der Waals surface area contributed by atoms with Crippen molar-refractivity contribution in [2.75, 3.05) is 20.1 Å². The molecule has 1 aromatic rings. The molecule has 0 unspecified atom stereocenters. The van der Waals surface area contributed by atoms with Crippen molar-refractivity contribution in [3.05, 3.63) is 23.8 Å². The molecule has 0 heterocycles. The van der Waals surface area contributed by atoms with Gasteiger partial charge in [0.2, 0.25) is 0 Å². The Balaban J connectivity index is 2.53. The molecule has 0 spiro atoms. The molecule has 21 heavy (non-hydrogen) atoms. The van der Waals surface area contributed by atoms with E-state index in [-0.39, 0.29) is 5.88 Å². The summed E-state index contributed by atoms with van der Waals surface area (Å²) in [7, 11) is 3.05. The number of carbonyl (C=O) groups excluding carboxylic acids is 2. The molecule has 0 aromatic heterocycles. The summed E-state index contributed by atoms with van der Waals surface area (Å²) in [6.07, 6.45) is 1.41. The highest BCUT2D eigenvalue weighted by Gasteiger charge is 2.03. The molecule has 9 heteroatoms. The van der Waals surface area contributed by atoms with Gasteiger partial charge in [0.25, 0.3) is 5.91 Å². The highest BCUT2D eigenvalue weighted by molar-refractivity contribution is 6.27. The summed E-state index contributed by atoms with van der Waals surface area (Å²) in [4.78, 5) is 22.0. The van der Waals surface area contributed by atoms with Gasteiger partial charge in [0.05, 0.1) is 20.4 Å². The van der Waals surface area contributed by atoms with Crippen LogP contribution in [0.25, 0.3) is 0 Å². The van der Waals surface area contributed by atoms with Crippen LogP contribution in [0.2, 0.25) is 0 Å². The Hall–Kier alpha value is -2.48. The minimum atomic E-state index is -0.704. The van der Waals surface area contributed by atoms with Crippen LogP contribution in [0.15, 0.2) is 23.3 Å².